The minimum Gasteiger partial charge on any atom is -0.497 e. The minimum atomic E-state index is -0.349. The minimum absolute atomic E-state index is 0.260. The Morgan fingerprint density at radius 2 is 1.79 bits per heavy atom. The van der Waals surface area contributed by atoms with Crippen molar-refractivity contribution in [3.05, 3.63) is 76.9 Å². The van der Waals surface area contributed by atoms with Crippen LogP contribution in [-0.2, 0) is 0 Å². The summed E-state index contributed by atoms with van der Waals surface area (Å²) in [6.45, 7) is 5.53. The number of rotatable bonds is 6. The Balaban J connectivity index is 1.74. The Bertz CT molecular complexity index is 1330. The molecule has 0 aliphatic carbocycles. The van der Waals surface area contributed by atoms with Gasteiger partial charge >= 0.3 is 0 Å². The molecule has 0 spiro atoms. The Labute approximate surface area is 191 Å². The number of amides is 1. The first-order valence-electron chi connectivity index (χ1n) is 10.5. The number of hydrogen-bond donors (Lipinski definition) is 1. The molecule has 0 fully saturated rings. The average molecular weight is 448 g/mol. The zero-order valence-corrected chi connectivity index (χ0v) is 19.1. The number of nitrogens with zero attached hydrogens (tertiary/aromatic N) is 3. The van der Waals surface area contributed by atoms with Crippen molar-refractivity contribution >= 4 is 16.9 Å². The van der Waals surface area contributed by atoms with Gasteiger partial charge in [0.15, 0.2) is 5.65 Å². The second kappa shape index (κ2) is 8.90. The molecule has 0 saturated carbocycles. The van der Waals surface area contributed by atoms with E-state index in [1.807, 2.05) is 32.9 Å². The number of aromatic nitrogens is 3. The zero-order valence-electron chi connectivity index (χ0n) is 19.1. The quantitative estimate of drug-likeness (QED) is 0.463. The first kappa shape index (κ1) is 22.3. The van der Waals surface area contributed by atoms with Gasteiger partial charge in [-0.3, -0.25) is 4.79 Å². The fourth-order valence-electron chi connectivity index (χ4n) is 3.89. The van der Waals surface area contributed by atoms with Crippen LogP contribution in [-0.4, -0.2) is 34.9 Å². The van der Waals surface area contributed by atoms with E-state index in [0.29, 0.717) is 45.2 Å². The molecule has 2 aromatic heterocycles. The van der Waals surface area contributed by atoms with Crippen LogP contribution in [0.2, 0.25) is 0 Å². The number of carbonyl (C=O) groups is 1. The van der Waals surface area contributed by atoms with Crippen LogP contribution < -0.4 is 14.8 Å². The van der Waals surface area contributed by atoms with E-state index >= 15 is 0 Å². The lowest BCUT2D eigenvalue weighted by molar-refractivity contribution is 0.0941. The molecule has 0 unspecified atom stereocenters. The Kier molecular flexibility index (Phi) is 6.00. The molecule has 2 heterocycles. The number of pyridine rings is 1. The van der Waals surface area contributed by atoms with E-state index in [9.17, 15) is 9.18 Å². The van der Waals surface area contributed by atoms with Crippen molar-refractivity contribution in [2.45, 2.75) is 26.8 Å². The molecule has 0 aliphatic rings. The molecule has 1 N–H and O–H groups in total. The summed E-state index contributed by atoms with van der Waals surface area (Å²) in [7, 11) is 3.18. The first-order chi connectivity index (χ1) is 15.8. The number of fused-ring (bicyclic) bond motifs is 1. The number of carbonyl (C=O) groups excluding carboxylic acids is 1. The van der Waals surface area contributed by atoms with Crippen molar-refractivity contribution in [1.29, 1.82) is 0 Å². The van der Waals surface area contributed by atoms with Crippen molar-refractivity contribution in [2.75, 3.05) is 14.2 Å². The summed E-state index contributed by atoms with van der Waals surface area (Å²) in [5.74, 6) is 0.730. The summed E-state index contributed by atoms with van der Waals surface area (Å²) >= 11 is 0. The number of aryl methyl sites for hydroxylation is 2. The van der Waals surface area contributed by atoms with Gasteiger partial charge in [-0.1, -0.05) is 0 Å². The van der Waals surface area contributed by atoms with Crippen molar-refractivity contribution in [3.63, 3.8) is 0 Å². The Morgan fingerprint density at radius 1 is 1.06 bits per heavy atom. The lowest BCUT2D eigenvalue weighted by atomic mass is 10.0. The fraction of sp³-hybridized carbons (Fsp3) is 0.240. The van der Waals surface area contributed by atoms with Gasteiger partial charge in [-0.15, -0.1) is 0 Å². The van der Waals surface area contributed by atoms with Crippen LogP contribution in [0.25, 0.3) is 16.7 Å². The Hall–Kier alpha value is -3.94. The molecule has 4 aromatic rings. The third-order valence-electron chi connectivity index (χ3n) is 5.51. The van der Waals surface area contributed by atoms with Gasteiger partial charge in [0, 0.05) is 11.3 Å². The van der Waals surface area contributed by atoms with Crippen molar-refractivity contribution < 1.29 is 18.7 Å². The highest BCUT2D eigenvalue weighted by molar-refractivity contribution is 6.07. The molecular formula is C25H25FN4O3. The Morgan fingerprint density at radius 3 is 2.45 bits per heavy atom. The molecule has 4 rings (SSSR count). The average Bonchev–Trinajstić information content (AvgIpc) is 3.14. The number of halogens is 1. The molecule has 0 bridgehead atoms. The number of benzene rings is 2. The summed E-state index contributed by atoms with van der Waals surface area (Å²) in [6.07, 6.45) is 0. The fourth-order valence-corrected chi connectivity index (χ4v) is 3.89. The monoisotopic (exact) mass is 448 g/mol. The van der Waals surface area contributed by atoms with E-state index < -0.39 is 0 Å². The molecule has 7 nitrogen and oxygen atoms in total. The number of ether oxygens (including phenoxy) is 2. The van der Waals surface area contributed by atoms with Gasteiger partial charge in [-0.25, -0.2) is 14.1 Å². The van der Waals surface area contributed by atoms with Gasteiger partial charge in [0.25, 0.3) is 5.91 Å². The maximum atomic E-state index is 13.4. The lowest BCUT2D eigenvalue weighted by Crippen LogP contribution is -2.27. The van der Waals surface area contributed by atoms with Crippen molar-refractivity contribution in [3.8, 4) is 17.2 Å². The highest BCUT2D eigenvalue weighted by Gasteiger charge is 2.22. The molecule has 1 atom stereocenters. The molecule has 0 radical (unpaired) electrons. The molecule has 1 amide bonds. The second-order valence-corrected chi connectivity index (χ2v) is 7.79. The van der Waals surface area contributed by atoms with Crippen molar-refractivity contribution in [1.82, 2.24) is 20.1 Å². The first-order valence-corrected chi connectivity index (χ1v) is 10.5. The molecule has 0 aliphatic heterocycles. The molecule has 2 aromatic carbocycles. The predicted octanol–water partition coefficient (Wildman–Crippen LogP) is 4.68. The van der Waals surface area contributed by atoms with Crippen molar-refractivity contribution in [2.24, 2.45) is 0 Å². The topological polar surface area (TPSA) is 78.3 Å². The van der Waals surface area contributed by atoms with Crippen LogP contribution in [0.1, 0.15) is 40.3 Å². The standard InChI is InChI=1S/C25H25FN4O3/c1-14-12-21(25(31)28-15(2)20-13-19(32-4)10-11-22(20)33-5)23-16(3)29-30(24(23)27-14)18-8-6-17(26)7-9-18/h6-13,15H,1-5H3,(H,28,31)/t15-/m1/s1. The van der Waals surface area contributed by atoms with E-state index in [2.05, 4.69) is 15.4 Å². The van der Waals surface area contributed by atoms with E-state index in [1.165, 1.54) is 12.1 Å². The molecule has 33 heavy (non-hydrogen) atoms. The van der Waals surface area contributed by atoms with Crippen LogP contribution in [0, 0.1) is 19.7 Å². The summed E-state index contributed by atoms with van der Waals surface area (Å²) in [4.78, 5) is 18.0. The highest BCUT2D eigenvalue weighted by atomic mass is 19.1. The number of methoxy groups -OCH3 is 2. The summed E-state index contributed by atoms with van der Waals surface area (Å²) in [5.41, 5.74) is 3.79. The smallest absolute Gasteiger partial charge is 0.252 e. The zero-order chi connectivity index (χ0) is 23.7. The number of nitrogens with one attached hydrogen (secondary N) is 1. The molecule has 0 saturated heterocycles. The van der Waals surface area contributed by atoms with Gasteiger partial charge < -0.3 is 14.8 Å². The predicted molar refractivity (Wildman–Crippen MR) is 124 cm³/mol. The van der Waals surface area contributed by atoms with E-state index in [4.69, 9.17) is 9.47 Å². The van der Waals surface area contributed by atoms with E-state index in [-0.39, 0.29) is 17.8 Å². The lowest BCUT2D eigenvalue weighted by Gasteiger charge is -2.18. The van der Waals surface area contributed by atoms with Gasteiger partial charge in [0.05, 0.1) is 42.6 Å². The third-order valence-corrected chi connectivity index (χ3v) is 5.51. The van der Waals surface area contributed by atoms with Crippen LogP contribution in [0.4, 0.5) is 4.39 Å². The van der Waals surface area contributed by atoms with Crippen LogP contribution >= 0.6 is 0 Å². The highest BCUT2D eigenvalue weighted by Crippen LogP contribution is 2.30. The van der Waals surface area contributed by atoms with Gasteiger partial charge in [-0.2, -0.15) is 5.10 Å². The van der Waals surface area contributed by atoms with Crippen LogP contribution in [0.3, 0.4) is 0 Å². The van der Waals surface area contributed by atoms with Gasteiger partial charge in [-0.05, 0) is 69.3 Å². The maximum Gasteiger partial charge on any atom is 0.252 e. The maximum absolute atomic E-state index is 13.4. The largest absolute Gasteiger partial charge is 0.497 e. The van der Waals surface area contributed by atoms with Crippen LogP contribution in [0.15, 0.2) is 48.5 Å². The van der Waals surface area contributed by atoms with Gasteiger partial charge in [0.2, 0.25) is 0 Å². The molecule has 8 heteroatoms. The molecular weight excluding hydrogens is 423 g/mol. The van der Waals surface area contributed by atoms with E-state index in [0.717, 1.165) is 5.56 Å². The van der Waals surface area contributed by atoms with Gasteiger partial charge in [0.1, 0.15) is 17.3 Å². The SMILES string of the molecule is COc1ccc(OC)c([C@@H](C)NC(=O)c2cc(C)nc3c2c(C)nn3-c2ccc(F)cc2)c1. The summed E-state index contributed by atoms with van der Waals surface area (Å²) < 4.78 is 25.8. The number of hydrogen-bond acceptors (Lipinski definition) is 5. The summed E-state index contributed by atoms with van der Waals surface area (Å²) in [6, 6.07) is 12.8. The normalized spacial score (nSPS) is 11.9. The summed E-state index contributed by atoms with van der Waals surface area (Å²) in [5, 5.41) is 8.27. The van der Waals surface area contributed by atoms with E-state index in [1.54, 1.807) is 43.2 Å². The molecule has 170 valence electrons. The second-order valence-electron chi connectivity index (χ2n) is 7.79. The van der Waals surface area contributed by atoms with Crippen LogP contribution in [0.5, 0.6) is 11.5 Å². The third kappa shape index (κ3) is 4.24.